The lowest BCUT2D eigenvalue weighted by molar-refractivity contribution is 0.221. The van der Waals surface area contributed by atoms with E-state index in [2.05, 4.69) is 34.1 Å². The van der Waals surface area contributed by atoms with Crippen LogP contribution in [0.5, 0.6) is 0 Å². The fourth-order valence-electron chi connectivity index (χ4n) is 4.40. The van der Waals surface area contributed by atoms with Gasteiger partial charge in [-0.2, -0.15) is 0 Å². The Kier molecular flexibility index (Phi) is 5.49. The molecule has 4 heteroatoms. The molecule has 1 aliphatic carbocycles. The van der Waals surface area contributed by atoms with E-state index >= 15 is 0 Å². The van der Waals surface area contributed by atoms with Crippen LogP contribution in [-0.2, 0) is 13.0 Å². The van der Waals surface area contributed by atoms with Crippen LogP contribution in [0.25, 0.3) is 11.4 Å². The third kappa shape index (κ3) is 4.42. The fourth-order valence-corrected chi connectivity index (χ4v) is 4.40. The molecule has 1 aromatic carbocycles. The third-order valence-electron chi connectivity index (χ3n) is 5.85. The molecule has 1 saturated carbocycles. The number of nitrogens with zero attached hydrogens (tertiary/aromatic N) is 2. The van der Waals surface area contributed by atoms with E-state index in [1.807, 2.05) is 0 Å². The highest BCUT2D eigenvalue weighted by molar-refractivity contribution is 5.55. The Bertz CT molecular complexity index is 769. The van der Waals surface area contributed by atoms with Gasteiger partial charge in [0.1, 0.15) is 5.82 Å². The number of benzene rings is 1. The van der Waals surface area contributed by atoms with Crippen molar-refractivity contribution >= 4 is 0 Å². The molecule has 0 radical (unpaired) electrons. The Morgan fingerprint density at radius 2 is 1.73 bits per heavy atom. The summed E-state index contributed by atoms with van der Waals surface area (Å²) in [6.07, 6.45) is 10.1. The molecule has 4 nitrogen and oxygen atoms in total. The van der Waals surface area contributed by atoms with Crippen molar-refractivity contribution in [3.63, 3.8) is 0 Å². The smallest absolute Gasteiger partial charge is 0.251 e. The van der Waals surface area contributed by atoms with Crippen molar-refractivity contribution in [2.24, 2.45) is 5.92 Å². The SMILES string of the molecule is O=c1cc(CC2CCCC2)nc(-c2ccc(CN3CCCCC3)cc2)[nH]1. The second kappa shape index (κ2) is 8.17. The number of hydrogen-bond acceptors (Lipinski definition) is 3. The summed E-state index contributed by atoms with van der Waals surface area (Å²) in [7, 11) is 0. The van der Waals surface area contributed by atoms with Gasteiger partial charge in [0.05, 0.1) is 0 Å². The second-order valence-corrected chi connectivity index (χ2v) is 7.97. The van der Waals surface area contributed by atoms with E-state index in [1.54, 1.807) is 6.07 Å². The van der Waals surface area contributed by atoms with Crippen molar-refractivity contribution in [1.82, 2.24) is 14.9 Å². The summed E-state index contributed by atoms with van der Waals surface area (Å²) in [5.41, 5.74) is 3.23. The van der Waals surface area contributed by atoms with Gasteiger partial charge in [0, 0.05) is 23.9 Å². The van der Waals surface area contributed by atoms with E-state index < -0.39 is 0 Å². The van der Waals surface area contributed by atoms with Crippen LogP contribution in [0.3, 0.4) is 0 Å². The van der Waals surface area contributed by atoms with Crippen LogP contribution in [0.4, 0.5) is 0 Å². The molecule has 1 aromatic heterocycles. The first kappa shape index (κ1) is 17.5. The first-order chi connectivity index (χ1) is 12.8. The maximum Gasteiger partial charge on any atom is 0.251 e. The zero-order valence-electron chi connectivity index (χ0n) is 15.5. The lowest BCUT2D eigenvalue weighted by Crippen LogP contribution is -2.29. The number of nitrogens with one attached hydrogen (secondary N) is 1. The average molecular weight is 351 g/mol. The monoisotopic (exact) mass is 351 g/mol. The lowest BCUT2D eigenvalue weighted by Gasteiger charge is -2.26. The van der Waals surface area contributed by atoms with Crippen LogP contribution in [0.1, 0.15) is 56.2 Å². The number of likely N-dealkylation sites (tertiary alicyclic amines) is 1. The van der Waals surface area contributed by atoms with Crippen LogP contribution < -0.4 is 5.56 Å². The molecule has 0 amide bonds. The normalized spacial score (nSPS) is 19.1. The summed E-state index contributed by atoms with van der Waals surface area (Å²) in [4.78, 5) is 22.3. The van der Waals surface area contributed by atoms with E-state index in [1.165, 1.54) is 63.6 Å². The first-order valence-corrected chi connectivity index (χ1v) is 10.2. The highest BCUT2D eigenvalue weighted by Gasteiger charge is 2.17. The fraction of sp³-hybridized carbons (Fsp3) is 0.545. The van der Waals surface area contributed by atoms with Crippen LogP contribution in [0.2, 0.25) is 0 Å². The quantitative estimate of drug-likeness (QED) is 0.880. The Morgan fingerprint density at radius 3 is 2.46 bits per heavy atom. The molecule has 4 rings (SSSR count). The standard InChI is InChI=1S/C22H29N3O/c26-21-15-20(14-17-6-2-3-7-17)23-22(24-21)19-10-8-18(9-11-19)16-25-12-4-1-5-13-25/h8-11,15,17H,1-7,12-14,16H2,(H,23,24,26). The van der Waals surface area contributed by atoms with Gasteiger partial charge in [0.15, 0.2) is 0 Å². The molecular weight excluding hydrogens is 322 g/mol. The summed E-state index contributed by atoms with van der Waals surface area (Å²) in [6, 6.07) is 10.2. The number of H-pyrrole nitrogens is 1. The summed E-state index contributed by atoms with van der Waals surface area (Å²) in [5.74, 6) is 1.40. The summed E-state index contributed by atoms with van der Waals surface area (Å²) >= 11 is 0. The average Bonchev–Trinajstić information content (AvgIpc) is 3.16. The molecule has 1 saturated heterocycles. The molecule has 0 unspecified atom stereocenters. The number of piperidine rings is 1. The van der Waals surface area contributed by atoms with Gasteiger partial charge in [0.25, 0.3) is 5.56 Å². The summed E-state index contributed by atoms with van der Waals surface area (Å²) < 4.78 is 0. The van der Waals surface area contributed by atoms with Gasteiger partial charge in [0.2, 0.25) is 0 Å². The molecule has 0 spiro atoms. The van der Waals surface area contributed by atoms with E-state index in [-0.39, 0.29) is 5.56 Å². The van der Waals surface area contributed by atoms with Crippen LogP contribution in [0.15, 0.2) is 35.1 Å². The van der Waals surface area contributed by atoms with E-state index in [4.69, 9.17) is 4.98 Å². The molecule has 1 aliphatic heterocycles. The second-order valence-electron chi connectivity index (χ2n) is 7.97. The zero-order chi connectivity index (χ0) is 17.8. The number of rotatable bonds is 5. The Hall–Kier alpha value is -1.94. The molecule has 0 bridgehead atoms. The van der Waals surface area contributed by atoms with Crippen LogP contribution >= 0.6 is 0 Å². The number of aromatic nitrogens is 2. The van der Waals surface area contributed by atoms with Crippen LogP contribution in [0, 0.1) is 5.92 Å². The largest absolute Gasteiger partial charge is 0.307 e. The highest BCUT2D eigenvalue weighted by Crippen LogP contribution is 2.27. The first-order valence-electron chi connectivity index (χ1n) is 10.2. The van der Waals surface area contributed by atoms with Crippen molar-refractivity contribution in [3.8, 4) is 11.4 Å². The molecule has 2 aromatic rings. The van der Waals surface area contributed by atoms with Gasteiger partial charge < -0.3 is 4.98 Å². The van der Waals surface area contributed by atoms with Crippen molar-refractivity contribution < 1.29 is 0 Å². The molecule has 2 fully saturated rings. The van der Waals surface area contributed by atoms with E-state index in [0.29, 0.717) is 11.7 Å². The molecule has 1 N–H and O–H groups in total. The van der Waals surface area contributed by atoms with Crippen molar-refractivity contribution in [2.45, 2.75) is 57.9 Å². The lowest BCUT2D eigenvalue weighted by atomic mass is 10.0. The van der Waals surface area contributed by atoms with E-state index in [9.17, 15) is 4.79 Å². The third-order valence-corrected chi connectivity index (χ3v) is 5.85. The highest BCUT2D eigenvalue weighted by atomic mass is 16.1. The van der Waals surface area contributed by atoms with Gasteiger partial charge >= 0.3 is 0 Å². The molecule has 2 heterocycles. The molecule has 26 heavy (non-hydrogen) atoms. The molecular formula is C22H29N3O. The van der Waals surface area contributed by atoms with Gasteiger partial charge in [-0.3, -0.25) is 9.69 Å². The van der Waals surface area contributed by atoms with Crippen molar-refractivity contribution in [2.75, 3.05) is 13.1 Å². The minimum absolute atomic E-state index is 0.0413. The number of aromatic amines is 1. The minimum Gasteiger partial charge on any atom is -0.307 e. The predicted molar refractivity (Wildman–Crippen MR) is 105 cm³/mol. The van der Waals surface area contributed by atoms with Crippen molar-refractivity contribution in [1.29, 1.82) is 0 Å². The van der Waals surface area contributed by atoms with Crippen LogP contribution in [-0.4, -0.2) is 28.0 Å². The van der Waals surface area contributed by atoms with Crippen molar-refractivity contribution in [3.05, 3.63) is 51.9 Å². The summed E-state index contributed by atoms with van der Waals surface area (Å²) in [6.45, 7) is 3.44. The maximum atomic E-state index is 12.1. The zero-order valence-corrected chi connectivity index (χ0v) is 15.5. The Labute approximate surface area is 155 Å². The molecule has 2 aliphatic rings. The van der Waals surface area contributed by atoms with Gasteiger partial charge in [-0.05, 0) is 43.8 Å². The van der Waals surface area contributed by atoms with Gasteiger partial charge in [-0.15, -0.1) is 0 Å². The van der Waals surface area contributed by atoms with Gasteiger partial charge in [-0.1, -0.05) is 56.4 Å². The Balaban J connectivity index is 1.47. The maximum absolute atomic E-state index is 12.1. The Morgan fingerprint density at radius 1 is 1.00 bits per heavy atom. The molecule has 0 atom stereocenters. The van der Waals surface area contributed by atoms with Gasteiger partial charge in [-0.25, -0.2) is 4.98 Å². The predicted octanol–water partition coefficient (Wildman–Crippen LogP) is 4.16. The van der Waals surface area contributed by atoms with E-state index in [0.717, 1.165) is 24.2 Å². The number of hydrogen-bond donors (Lipinski definition) is 1. The summed E-state index contributed by atoms with van der Waals surface area (Å²) in [5, 5.41) is 0. The topological polar surface area (TPSA) is 49.0 Å². The minimum atomic E-state index is -0.0413. The molecule has 138 valence electrons.